The van der Waals surface area contributed by atoms with Crippen molar-refractivity contribution < 1.29 is 8.42 Å². The van der Waals surface area contributed by atoms with Crippen molar-refractivity contribution in [3.05, 3.63) is 18.3 Å². The van der Waals surface area contributed by atoms with Crippen molar-refractivity contribution in [2.75, 3.05) is 26.0 Å². The van der Waals surface area contributed by atoms with Crippen LogP contribution < -0.4 is 10.1 Å². The molecular weight excluding hydrogens is 228 g/mol. The van der Waals surface area contributed by atoms with Crippen LogP contribution in [0.3, 0.4) is 0 Å². The third-order valence-corrected chi connectivity index (χ3v) is 3.17. The molecule has 1 aromatic heterocycles. The molecule has 0 aliphatic rings. The fourth-order valence-corrected chi connectivity index (χ4v) is 2.14. The monoisotopic (exact) mass is 244 g/mol. The summed E-state index contributed by atoms with van der Waals surface area (Å²) in [5, 5.41) is 4.36. The van der Waals surface area contributed by atoms with E-state index in [1.165, 1.54) is 17.3 Å². The molecule has 0 atom stereocenters. The van der Waals surface area contributed by atoms with Gasteiger partial charge in [-0.3, -0.25) is 0 Å². The Kier molecular flexibility index (Phi) is 4.22. The standard InChI is InChI=1S/C9H16N4O2S/c1-4-10-9-6-5-8(7-11-9)16(14,15)12-13(2)3/h5-7,12H,4H2,1-3H3,(H,10,11). The van der Waals surface area contributed by atoms with Gasteiger partial charge < -0.3 is 5.32 Å². The van der Waals surface area contributed by atoms with Gasteiger partial charge in [0.1, 0.15) is 10.7 Å². The van der Waals surface area contributed by atoms with E-state index in [-0.39, 0.29) is 4.90 Å². The topological polar surface area (TPSA) is 74.3 Å². The van der Waals surface area contributed by atoms with E-state index in [0.29, 0.717) is 5.82 Å². The van der Waals surface area contributed by atoms with Crippen molar-refractivity contribution in [1.29, 1.82) is 0 Å². The summed E-state index contributed by atoms with van der Waals surface area (Å²) in [6.07, 6.45) is 1.32. The first-order valence-electron chi connectivity index (χ1n) is 4.85. The summed E-state index contributed by atoms with van der Waals surface area (Å²) in [6, 6.07) is 3.14. The molecule has 1 aromatic rings. The number of nitrogens with one attached hydrogen (secondary N) is 2. The van der Waals surface area contributed by atoms with Gasteiger partial charge in [0, 0.05) is 26.8 Å². The highest BCUT2D eigenvalue weighted by atomic mass is 32.2. The lowest BCUT2D eigenvalue weighted by atomic mass is 10.4. The Balaban J connectivity index is 2.89. The maximum absolute atomic E-state index is 11.7. The normalized spacial score (nSPS) is 11.8. The van der Waals surface area contributed by atoms with Crippen LogP contribution in [0.1, 0.15) is 6.92 Å². The average Bonchev–Trinajstić information content (AvgIpc) is 2.17. The molecule has 0 saturated carbocycles. The third kappa shape index (κ3) is 3.44. The molecule has 0 fully saturated rings. The van der Waals surface area contributed by atoms with E-state index < -0.39 is 10.0 Å². The van der Waals surface area contributed by atoms with Crippen LogP contribution in [0.15, 0.2) is 23.2 Å². The highest BCUT2D eigenvalue weighted by Gasteiger charge is 2.14. The number of nitrogens with zero attached hydrogens (tertiary/aromatic N) is 2. The Bertz CT molecular complexity index is 427. The van der Waals surface area contributed by atoms with E-state index in [9.17, 15) is 8.42 Å². The van der Waals surface area contributed by atoms with Gasteiger partial charge >= 0.3 is 0 Å². The Morgan fingerprint density at radius 2 is 2.06 bits per heavy atom. The van der Waals surface area contributed by atoms with Gasteiger partial charge in [0.25, 0.3) is 10.0 Å². The second-order valence-electron chi connectivity index (χ2n) is 3.40. The third-order valence-electron chi connectivity index (χ3n) is 1.71. The predicted molar refractivity (Wildman–Crippen MR) is 62.4 cm³/mol. The summed E-state index contributed by atoms with van der Waals surface area (Å²) in [5.74, 6) is 0.659. The number of pyridine rings is 1. The van der Waals surface area contributed by atoms with Crippen molar-refractivity contribution in [1.82, 2.24) is 14.8 Å². The lowest BCUT2D eigenvalue weighted by molar-refractivity contribution is 0.364. The maximum Gasteiger partial charge on any atom is 0.254 e. The minimum atomic E-state index is -3.51. The maximum atomic E-state index is 11.7. The summed E-state index contributed by atoms with van der Waals surface area (Å²) in [4.78, 5) is 6.47. The molecule has 1 rings (SSSR count). The molecule has 16 heavy (non-hydrogen) atoms. The van der Waals surface area contributed by atoms with Gasteiger partial charge in [0.05, 0.1) is 0 Å². The molecule has 0 spiro atoms. The van der Waals surface area contributed by atoms with Crippen LogP contribution in [-0.2, 0) is 10.0 Å². The van der Waals surface area contributed by atoms with Crippen LogP contribution in [-0.4, -0.2) is 39.1 Å². The summed E-state index contributed by atoms with van der Waals surface area (Å²) in [5.41, 5.74) is 0. The summed E-state index contributed by atoms with van der Waals surface area (Å²) < 4.78 is 23.4. The highest BCUT2D eigenvalue weighted by molar-refractivity contribution is 7.89. The summed E-state index contributed by atoms with van der Waals surface area (Å²) in [6.45, 7) is 2.69. The van der Waals surface area contributed by atoms with Gasteiger partial charge in [-0.25, -0.2) is 18.4 Å². The molecule has 0 amide bonds. The van der Waals surface area contributed by atoms with Gasteiger partial charge in [0.15, 0.2) is 0 Å². The largest absolute Gasteiger partial charge is 0.370 e. The molecule has 0 aliphatic carbocycles. The minimum Gasteiger partial charge on any atom is -0.370 e. The van der Waals surface area contributed by atoms with Crippen LogP contribution >= 0.6 is 0 Å². The van der Waals surface area contributed by atoms with Crippen LogP contribution in [0, 0.1) is 0 Å². The highest BCUT2D eigenvalue weighted by Crippen LogP contribution is 2.10. The molecule has 0 aliphatic heterocycles. The van der Waals surface area contributed by atoms with E-state index in [1.807, 2.05) is 6.92 Å². The van der Waals surface area contributed by atoms with E-state index in [0.717, 1.165) is 6.54 Å². The molecule has 0 saturated heterocycles. The first-order valence-corrected chi connectivity index (χ1v) is 6.33. The van der Waals surface area contributed by atoms with Crippen molar-refractivity contribution in [2.45, 2.75) is 11.8 Å². The molecule has 0 radical (unpaired) electrons. The Morgan fingerprint density at radius 3 is 2.50 bits per heavy atom. The van der Waals surface area contributed by atoms with E-state index in [4.69, 9.17) is 0 Å². The van der Waals surface area contributed by atoms with Crippen LogP contribution in [0.4, 0.5) is 5.82 Å². The SMILES string of the molecule is CCNc1ccc(S(=O)(=O)NN(C)C)cn1. The lowest BCUT2D eigenvalue weighted by Gasteiger charge is -2.12. The zero-order valence-electron chi connectivity index (χ0n) is 9.56. The van der Waals surface area contributed by atoms with Crippen molar-refractivity contribution in [3.63, 3.8) is 0 Å². The number of anilines is 1. The second kappa shape index (κ2) is 5.24. The zero-order valence-corrected chi connectivity index (χ0v) is 10.4. The molecule has 0 unspecified atom stereocenters. The first kappa shape index (κ1) is 12.9. The Labute approximate surface area is 95.7 Å². The summed E-state index contributed by atoms with van der Waals surface area (Å²) >= 11 is 0. The first-order chi connectivity index (χ1) is 7.45. The fourth-order valence-electron chi connectivity index (χ4n) is 1.12. The van der Waals surface area contributed by atoms with Crippen LogP contribution in [0.2, 0.25) is 0 Å². The zero-order chi connectivity index (χ0) is 12.2. The molecule has 0 bridgehead atoms. The van der Waals surface area contributed by atoms with Gasteiger partial charge in [-0.1, -0.05) is 0 Å². The quantitative estimate of drug-likeness (QED) is 0.727. The van der Waals surface area contributed by atoms with E-state index >= 15 is 0 Å². The van der Waals surface area contributed by atoms with Gasteiger partial charge in [-0.15, -0.1) is 4.83 Å². The van der Waals surface area contributed by atoms with E-state index in [2.05, 4.69) is 15.1 Å². The Hall–Kier alpha value is -1.18. The smallest absolute Gasteiger partial charge is 0.254 e. The molecule has 1 heterocycles. The number of hydrazine groups is 1. The summed E-state index contributed by atoms with van der Waals surface area (Å²) in [7, 11) is -0.287. The van der Waals surface area contributed by atoms with Gasteiger partial charge in [0.2, 0.25) is 0 Å². The lowest BCUT2D eigenvalue weighted by Crippen LogP contribution is -2.36. The van der Waals surface area contributed by atoms with Crippen LogP contribution in [0.5, 0.6) is 0 Å². The Morgan fingerprint density at radius 1 is 1.38 bits per heavy atom. The molecule has 7 heteroatoms. The van der Waals surface area contributed by atoms with Crippen molar-refractivity contribution in [2.24, 2.45) is 0 Å². The number of hydrogen-bond donors (Lipinski definition) is 2. The van der Waals surface area contributed by atoms with Crippen molar-refractivity contribution in [3.8, 4) is 0 Å². The molecule has 2 N–H and O–H groups in total. The van der Waals surface area contributed by atoms with E-state index in [1.54, 1.807) is 20.2 Å². The number of rotatable bonds is 5. The fraction of sp³-hybridized carbons (Fsp3) is 0.444. The number of sulfonamides is 1. The second-order valence-corrected chi connectivity index (χ2v) is 5.06. The molecule has 0 aromatic carbocycles. The van der Waals surface area contributed by atoms with Crippen molar-refractivity contribution >= 4 is 15.8 Å². The molecular formula is C9H16N4O2S. The number of aromatic nitrogens is 1. The van der Waals surface area contributed by atoms with Crippen LogP contribution in [0.25, 0.3) is 0 Å². The van der Waals surface area contributed by atoms with Gasteiger partial charge in [-0.05, 0) is 19.1 Å². The molecule has 90 valence electrons. The average molecular weight is 244 g/mol. The minimum absolute atomic E-state index is 0.142. The molecule has 6 nitrogen and oxygen atoms in total. The predicted octanol–water partition coefficient (Wildman–Crippen LogP) is 0.268. The van der Waals surface area contributed by atoms with Gasteiger partial charge in [-0.2, -0.15) is 0 Å². The number of hydrogen-bond acceptors (Lipinski definition) is 5.